The number of alkyl halides is 3. The number of aryl methyl sites for hydroxylation is 1. The Bertz CT molecular complexity index is 516. The van der Waals surface area contributed by atoms with Gasteiger partial charge in [-0.2, -0.15) is 13.2 Å². The van der Waals surface area contributed by atoms with Gasteiger partial charge < -0.3 is 4.90 Å². The molecule has 0 saturated carbocycles. The van der Waals surface area contributed by atoms with Gasteiger partial charge in [0, 0.05) is 0 Å². The van der Waals surface area contributed by atoms with Crippen molar-refractivity contribution in [1.82, 2.24) is 10.2 Å². The van der Waals surface area contributed by atoms with Crippen LogP contribution in [-0.2, 0) is 4.79 Å². The molecule has 21 heavy (non-hydrogen) atoms. The fourth-order valence-corrected chi connectivity index (χ4v) is 2.69. The quantitative estimate of drug-likeness (QED) is 0.926. The van der Waals surface area contributed by atoms with Crippen LogP contribution in [0.5, 0.6) is 0 Å². The normalized spacial score (nSPS) is 22.9. The molecule has 116 valence electrons. The van der Waals surface area contributed by atoms with E-state index < -0.39 is 30.8 Å². The Morgan fingerprint density at radius 3 is 2.52 bits per heavy atom. The summed E-state index contributed by atoms with van der Waals surface area (Å²) in [6.07, 6.45) is -3.84. The second kappa shape index (κ2) is 6.05. The number of hydrogen-bond acceptors (Lipinski definition) is 2. The van der Waals surface area contributed by atoms with Crippen molar-refractivity contribution in [2.45, 2.75) is 45.1 Å². The van der Waals surface area contributed by atoms with Crippen molar-refractivity contribution < 1.29 is 18.0 Å². The molecule has 1 aliphatic heterocycles. The lowest BCUT2D eigenvalue weighted by atomic mass is 10.1. The van der Waals surface area contributed by atoms with Crippen LogP contribution in [0.2, 0.25) is 0 Å². The first-order valence-corrected chi connectivity index (χ1v) is 7.02. The van der Waals surface area contributed by atoms with E-state index in [0.29, 0.717) is 12.0 Å². The summed E-state index contributed by atoms with van der Waals surface area (Å²) < 4.78 is 38.3. The van der Waals surface area contributed by atoms with Crippen LogP contribution in [-0.4, -0.2) is 29.6 Å². The minimum absolute atomic E-state index is 0.470. The maximum Gasteiger partial charge on any atom is 0.406 e. The first-order valence-electron chi connectivity index (χ1n) is 7.02. The van der Waals surface area contributed by atoms with E-state index in [2.05, 4.69) is 5.32 Å². The van der Waals surface area contributed by atoms with E-state index in [-0.39, 0.29) is 0 Å². The molecular weight excluding hydrogens is 281 g/mol. The van der Waals surface area contributed by atoms with Crippen LogP contribution in [0.1, 0.15) is 37.1 Å². The molecule has 3 nitrogen and oxygen atoms in total. The number of rotatable bonds is 4. The molecule has 0 spiro atoms. The Morgan fingerprint density at radius 1 is 1.29 bits per heavy atom. The van der Waals surface area contributed by atoms with Gasteiger partial charge in [0.15, 0.2) is 0 Å². The van der Waals surface area contributed by atoms with Crippen molar-refractivity contribution in [3.8, 4) is 0 Å². The fourth-order valence-electron chi connectivity index (χ4n) is 2.69. The van der Waals surface area contributed by atoms with Crippen LogP contribution in [0.4, 0.5) is 13.2 Å². The van der Waals surface area contributed by atoms with Crippen LogP contribution in [0.3, 0.4) is 0 Å². The SMILES string of the molecule is CCCC1NC(c2ccccc2C)N(CC(F)(F)F)C1=O. The van der Waals surface area contributed by atoms with E-state index in [1.807, 2.05) is 26.0 Å². The van der Waals surface area contributed by atoms with E-state index in [4.69, 9.17) is 0 Å². The highest BCUT2D eigenvalue weighted by molar-refractivity contribution is 5.84. The van der Waals surface area contributed by atoms with Crippen molar-refractivity contribution in [2.75, 3.05) is 6.54 Å². The molecule has 1 aromatic carbocycles. The third-order valence-electron chi connectivity index (χ3n) is 3.66. The molecule has 1 heterocycles. The zero-order chi connectivity index (χ0) is 15.6. The van der Waals surface area contributed by atoms with Gasteiger partial charge in [-0.15, -0.1) is 0 Å². The van der Waals surface area contributed by atoms with Crippen LogP contribution in [0, 0.1) is 6.92 Å². The highest BCUT2D eigenvalue weighted by Crippen LogP contribution is 2.31. The third-order valence-corrected chi connectivity index (χ3v) is 3.66. The number of halogens is 3. The molecule has 2 unspecified atom stereocenters. The van der Waals surface area contributed by atoms with Crippen LogP contribution >= 0.6 is 0 Å². The lowest BCUT2D eigenvalue weighted by Gasteiger charge is -2.26. The molecular formula is C15H19F3N2O. The third kappa shape index (κ3) is 3.56. The summed E-state index contributed by atoms with van der Waals surface area (Å²) in [4.78, 5) is 13.1. The lowest BCUT2D eigenvalue weighted by molar-refractivity contribution is -0.161. The number of carbonyl (C=O) groups excluding carboxylic acids is 1. The Hall–Kier alpha value is -1.56. The summed E-state index contributed by atoms with van der Waals surface area (Å²) in [6.45, 7) is 2.52. The van der Waals surface area contributed by atoms with E-state index in [1.54, 1.807) is 12.1 Å². The molecule has 1 aromatic rings. The summed E-state index contributed by atoms with van der Waals surface area (Å²) >= 11 is 0. The highest BCUT2D eigenvalue weighted by atomic mass is 19.4. The second-order valence-electron chi connectivity index (χ2n) is 5.35. The smallest absolute Gasteiger partial charge is 0.312 e. The first kappa shape index (κ1) is 15.8. The predicted octanol–water partition coefficient (Wildman–Crippen LogP) is 3.16. The van der Waals surface area contributed by atoms with Crippen LogP contribution in [0.25, 0.3) is 0 Å². The standard InChI is InChI=1S/C15H19F3N2O/c1-3-6-12-14(21)20(9-15(16,17)18)13(19-12)11-8-5-4-7-10(11)2/h4-5,7-8,12-13,19H,3,6,9H2,1-2H3. The topological polar surface area (TPSA) is 32.3 Å². The predicted molar refractivity (Wildman–Crippen MR) is 73.5 cm³/mol. The van der Waals surface area contributed by atoms with Gasteiger partial charge in [0.1, 0.15) is 12.7 Å². The van der Waals surface area contributed by atoms with Gasteiger partial charge in [-0.05, 0) is 24.5 Å². The summed E-state index contributed by atoms with van der Waals surface area (Å²) in [6, 6.07) is 6.65. The Labute approximate surface area is 122 Å². The average molecular weight is 300 g/mol. The molecule has 0 aromatic heterocycles. The molecule has 0 aliphatic carbocycles. The summed E-state index contributed by atoms with van der Waals surface area (Å²) in [7, 11) is 0. The van der Waals surface area contributed by atoms with Crippen LogP contribution in [0.15, 0.2) is 24.3 Å². The van der Waals surface area contributed by atoms with Crippen molar-refractivity contribution in [3.05, 3.63) is 35.4 Å². The van der Waals surface area contributed by atoms with E-state index >= 15 is 0 Å². The number of carbonyl (C=O) groups is 1. The maximum atomic E-state index is 12.8. The molecule has 1 aliphatic rings. The number of hydrogen-bond donors (Lipinski definition) is 1. The number of nitrogens with one attached hydrogen (secondary N) is 1. The largest absolute Gasteiger partial charge is 0.406 e. The molecule has 2 rings (SSSR count). The molecule has 6 heteroatoms. The Balaban J connectivity index is 2.32. The number of amides is 1. The molecule has 0 radical (unpaired) electrons. The van der Waals surface area contributed by atoms with Gasteiger partial charge in [0.05, 0.1) is 6.04 Å². The zero-order valence-electron chi connectivity index (χ0n) is 12.1. The van der Waals surface area contributed by atoms with Gasteiger partial charge in [0.2, 0.25) is 5.91 Å². The second-order valence-corrected chi connectivity index (χ2v) is 5.35. The van der Waals surface area contributed by atoms with E-state index in [9.17, 15) is 18.0 Å². The van der Waals surface area contributed by atoms with Crippen molar-refractivity contribution in [3.63, 3.8) is 0 Å². The molecule has 1 saturated heterocycles. The van der Waals surface area contributed by atoms with Gasteiger partial charge in [-0.3, -0.25) is 10.1 Å². The van der Waals surface area contributed by atoms with Gasteiger partial charge >= 0.3 is 6.18 Å². The number of benzene rings is 1. The Kier molecular flexibility index (Phi) is 4.56. The van der Waals surface area contributed by atoms with Crippen molar-refractivity contribution in [2.24, 2.45) is 0 Å². The summed E-state index contributed by atoms with van der Waals surface area (Å²) in [5, 5.41) is 3.05. The first-order chi connectivity index (χ1) is 9.83. The molecule has 1 N–H and O–H groups in total. The molecule has 1 amide bonds. The van der Waals surface area contributed by atoms with Crippen molar-refractivity contribution in [1.29, 1.82) is 0 Å². The van der Waals surface area contributed by atoms with Gasteiger partial charge in [-0.1, -0.05) is 37.6 Å². The lowest BCUT2D eigenvalue weighted by Crippen LogP contribution is -2.39. The van der Waals surface area contributed by atoms with Gasteiger partial charge in [0.25, 0.3) is 0 Å². The average Bonchev–Trinajstić information content (AvgIpc) is 2.67. The highest BCUT2D eigenvalue weighted by Gasteiger charge is 2.44. The minimum Gasteiger partial charge on any atom is -0.312 e. The van der Waals surface area contributed by atoms with Crippen molar-refractivity contribution >= 4 is 5.91 Å². The van der Waals surface area contributed by atoms with Gasteiger partial charge in [-0.25, -0.2) is 0 Å². The monoisotopic (exact) mass is 300 g/mol. The summed E-state index contributed by atoms with van der Waals surface area (Å²) in [5.74, 6) is -0.470. The Morgan fingerprint density at radius 2 is 1.95 bits per heavy atom. The maximum absolute atomic E-state index is 12.8. The molecule has 0 bridgehead atoms. The minimum atomic E-state index is -4.40. The molecule has 2 atom stereocenters. The summed E-state index contributed by atoms with van der Waals surface area (Å²) in [5.41, 5.74) is 1.58. The zero-order valence-corrected chi connectivity index (χ0v) is 12.1. The van der Waals surface area contributed by atoms with E-state index in [1.165, 1.54) is 0 Å². The van der Waals surface area contributed by atoms with Crippen LogP contribution < -0.4 is 5.32 Å². The van der Waals surface area contributed by atoms with E-state index in [0.717, 1.165) is 16.9 Å². The molecule has 1 fully saturated rings. The fraction of sp³-hybridized carbons (Fsp3) is 0.533. The number of nitrogens with zero attached hydrogens (tertiary/aromatic N) is 1.